The Kier molecular flexibility index (Phi) is 6.39. The monoisotopic (exact) mass is 354 g/mol. The fourth-order valence-corrected chi connectivity index (χ4v) is 2.12. The standard InChI is InChI=1S/C21H26N2O3/c1-5-13-26-18-11-9-15(10-12-18)19(24)22-16-7-6-8-17(14-16)23-20(25)21(2,3)4/h6-12,14H,5,13H2,1-4H3,(H,22,24)(H,23,25). The lowest BCUT2D eigenvalue weighted by atomic mass is 9.95. The molecule has 2 rings (SSSR count). The Balaban J connectivity index is 2.02. The highest BCUT2D eigenvalue weighted by molar-refractivity contribution is 6.04. The second-order valence-electron chi connectivity index (χ2n) is 7.11. The topological polar surface area (TPSA) is 67.4 Å². The van der Waals surface area contributed by atoms with Crippen LogP contribution in [-0.4, -0.2) is 18.4 Å². The number of carbonyl (C=O) groups is 2. The third-order valence-corrected chi connectivity index (χ3v) is 3.65. The molecule has 0 saturated carbocycles. The van der Waals surface area contributed by atoms with Gasteiger partial charge in [0.15, 0.2) is 0 Å². The summed E-state index contributed by atoms with van der Waals surface area (Å²) in [5.41, 5.74) is 1.32. The number of amides is 2. The number of hydrogen-bond donors (Lipinski definition) is 2. The minimum Gasteiger partial charge on any atom is -0.494 e. The van der Waals surface area contributed by atoms with Crippen LogP contribution in [0.2, 0.25) is 0 Å². The number of ether oxygens (including phenoxy) is 1. The van der Waals surface area contributed by atoms with Crippen LogP contribution < -0.4 is 15.4 Å². The molecule has 0 aliphatic rings. The predicted molar refractivity (Wildman–Crippen MR) is 105 cm³/mol. The van der Waals surface area contributed by atoms with Crippen LogP contribution in [0.3, 0.4) is 0 Å². The molecule has 0 heterocycles. The Hall–Kier alpha value is -2.82. The molecule has 0 bridgehead atoms. The Morgan fingerprint density at radius 2 is 1.58 bits per heavy atom. The maximum atomic E-state index is 12.4. The number of nitrogens with one attached hydrogen (secondary N) is 2. The molecule has 2 aromatic carbocycles. The van der Waals surface area contributed by atoms with E-state index in [2.05, 4.69) is 10.6 Å². The van der Waals surface area contributed by atoms with Gasteiger partial charge in [-0.05, 0) is 48.9 Å². The molecule has 0 aromatic heterocycles. The molecular weight excluding hydrogens is 328 g/mol. The molecule has 0 fully saturated rings. The van der Waals surface area contributed by atoms with E-state index in [1.54, 1.807) is 48.5 Å². The summed E-state index contributed by atoms with van der Waals surface area (Å²) in [6.45, 7) is 8.24. The third-order valence-electron chi connectivity index (χ3n) is 3.65. The van der Waals surface area contributed by atoms with E-state index < -0.39 is 5.41 Å². The molecular formula is C21H26N2O3. The van der Waals surface area contributed by atoms with Gasteiger partial charge in [0.05, 0.1) is 6.61 Å². The summed E-state index contributed by atoms with van der Waals surface area (Å²) in [6.07, 6.45) is 0.935. The fraction of sp³-hybridized carbons (Fsp3) is 0.333. The highest BCUT2D eigenvalue weighted by atomic mass is 16.5. The SMILES string of the molecule is CCCOc1ccc(C(=O)Nc2cccc(NC(=O)C(C)(C)C)c2)cc1. The summed E-state index contributed by atoms with van der Waals surface area (Å²) in [4.78, 5) is 24.5. The first-order valence-corrected chi connectivity index (χ1v) is 8.75. The quantitative estimate of drug-likeness (QED) is 0.789. The Morgan fingerprint density at radius 1 is 0.962 bits per heavy atom. The largest absolute Gasteiger partial charge is 0.494 e. The normalized spacial score (nSPS) is 10.9. The highest BCUT2D eigenvalue weighted by Gasteiger charge is 2.21. The van der Waals surface area contributed by atoms with Gasteiger partial charge in [-0.2, -0.15) is 0 Å². The van der Waals surface area contributed by atoms with Crippen LogP contribution in [-0.2, 0) is 4.79 Å². The number of benzene rings is 2. The van der Waals surface area contributed by atoms with Gasteiger partial charge in [-0.15, -0.1) is 0 Å². The summed E-state index contributed by atoms with van der Waals surface area (Å²) >= 11 is 0. The summed E-state index contributed by atoms with van der Waals surface area (Å²) in [7, 11) is 0. The summed E-state index contributed by atoms with van der Waals surface area (Å²) in [6, 6.07) is 14.1. The highest BCUT2D eigenvalue weighted by Crippen LogP contribution is 2.21. The van der Waals surface area contributed by atoms with E-state index in [1.807, 2.05) is 27.7 Å². The zero-order valence-corrected chi connectivity index (χ0v) is 15.8. The van der Waals surface area contributed by atoms with Crippen LogP contribution in [0.5, 0.6) is 5.75 Å². The number of hydrogen-bond acceptors (Lipinski definition) is 3. The van der Waals surface area contributed by atoms with Crippen molar-refractivity contribution < 1.29 is 14.3 Å². The summed E-state index contributed by atoms with van der Waals surface area (Å²) in [5.74, 6) is 0.449. The second-order valence-corrected chi connectivity index (χ2v) is 7.11. The molecule has 0 unspecified atom stereocenters. The molecule has 2 N–H and O–H groups in total. The molecule has 5 nitrogen and oxygen atoms in total. The van der Waals surface area contributed by atoms with Gasteiger partial charge >= 0.3 is 0 Å². The van der Waals surface area contributed by atoms with Crippen LogP contribution in [0.15, 0.2) is 48.5 Å². The molecule has 26 heavy (non-hydrogen) atoms. The van der Waals surface area contributed by atoms with Crippen molar-refractivity contribution in [3.63, 3.8) is 0 Å². The Labute approximate surface area is 154 Å². The molecule has 0 atom stereocenters. The number of rotatable bonds is 6. The molecule has 2 amide bonds. The van der Waals surface area contributed by atoms with Gasteiger partial charge in [-0.3, -0.25) is 9.59 Å². The van der Waals surface area contributed by atoms with Crippen LogP contribution in [0.4, 0.5) is 11.4 Å². The molecule has 5 heteroatoms. The number of anilines is 2. The van der Waals surface area contributed by atoms with Gasteiger partial charge in [0.25, 0.3) is 5.91 Å². The van der Waals surface area contributed by atoms with Crippen molar-refractivity contribution >= 4 is 23.2 Å². The van der Waals surface area contributed by atoms with Crippen LogP contribution in [0.1, 0.15) is 44.5 Å². The van der Waals surface area contributed by atoms with Crippen LogP contribution in [0.25, 0.3) is 0 Å². The molecule has 138 valence electrons. The zero-order valence-electron chi connectivity index (χ0n) is 15.8. The number of carbonyl (C=O) groups excluding carboxylic acids is 2. The molecule has 2 aromatic rings. The van der Waals surface area contributed by atoms with Crippen molar-refractivity contribution in [1.29, 1.82) is 0 Å². The predicted octanol–water partition coefficient (Wildman–Crippen LogP) is 4.71. The third kappa shape index (κ3) is 5.62. The lowest BCUT2D eigenvalue weighted by Crippen LogP contribution is -2.27. The van der Waals surface area contributed by atoms with Crippen molar-refractivity contribution in [1.82, 2.24) is 0 Å². The minimum absolute atomic E-state index is 0.0800. The van der Waals surface area contributed by atoms with Crippen molar-refractivity contribution in [2.75, 3.05) is 17.2 Å². The van der Waals surface area contributed by atoms with E-state index in [9.17, 15) is 9.59 Å². The Bertz CT molecular complexity index is 762. The lowest BCUT2D eigenvalue weighted by molar-refractivity contribution is -0.123. The van der Waals surface area contributed by atoms with Gasteiger partial charge in [-0.25, -0.2) is 0 Å². The second kappa shape index (κ2) is 8.52. The average molecular weight is 354 g/mol. The Morgan fingerprint density at radius 3 is 2.15 bits per heavy atom. The van der Waals surface area contributed by atoms with Gasteiger partial charge < -0.3 is 15.4 Å². The van der Waals surface area contributed by atoms with Crippen LogP contribution in [0, 0.1) is 5.41 Å². The van der Waals surface area contributed by atoms with Crippen molar-refractivity contribution in [2.45, 2.75) is 34.1 Å². The molecule has 0 saturated heterocycles. The lowest BCUT2D eigenvalue weighted by Gasteiger charge is -2.18. The van der Waals surface area contributed by atoms with Crippen molar-refractivity contribution in [3.8, 4) is 5.75 Å². The first kappa shape index (κ1) is 19.5. The van der Waals surface area contributed by atoms with E-state index in [0.717, 1.165) is 12.2 Å². The summed E-state index contributed by atoms with van der Waals surface area (Å²) < 4.78 is 5.52. The molecule has 0 aliphatic heterocycles. The van der Waals surface area contributed by atoms with E-state index in [4.69, 9.17) is 4.74 Å². The zero-order chi connectivity index (χ0) is 19.2. The molecule has 0 spiro atoms. The van der Waals surface area contributed by atoms with Gasteiger partial charge in [0, 0.05) is 22.4 Å². The maximum Gasteiger partial charge on any atom is 0.255 e. The van der Waals surface area contributed by atoms with Crippen molar-refractivity contribution in [3.05, 3.63) is 54.1 Å². The summed E-state index contributed by atoms with van der Waals surface area (Å²) in [5, 5.41) is 5.70. The maximum absolute atomic E-state index is 12.4. The minimum atomic E-state index is -0.485. The first-order chi connectivity index (χ1) is 12.3. The van der Waals surface area contributed by atoms with E-state index in [-0.39, 0.29) is 11.8 Å². The van der Waals surface area contributed by atoms with Gasteiger partial charge in [-0.1, -0.05) is 33.8 Å². The van der Waals surface area contributed by atoms with E-state index >= 15 is 0 Å². The van der Waals surface area contributed by atoms with Gasteiger partial charge in [0.1, 0.15) is 5.75 Å². The van der Waals surface area contributed by atoms with E-state index in [0.29, 0.717) is 23.5 Å². The van der Waals surface area contributed by atoms with E-state index in [1.165, 1.54) is 0 Å². The molecule has 0 aliphatic carbocycles. The van der Waals surface area contributed by atoms with Gasteiger partial charge in [0.2, 0.25) is 5.91 Å². The fourth-order valence-electron chi connectivity index (χ4n) is 2.12. The molecule has 0 radical (unpaired) electrons. The van der Waals surface area contributed by atoms with Crippen molar-refractivity contribution in [2.24, 2.45) is 5.41 Å². The van der Waals surface area contributed by atoms with Crippen LogP contribution >= 0.6 is 0 Å². The first-order valence-electron chi connectivity index (χ1n) is 8.75. The average Bonchev–Trinajstić information content (AvgIpc) is 2.60. The smallest absolute Gasteiger partial charge is 0.255 e.